The SMILES string of the molecule is COc1ccc(-c2cc3n(n2)CCCN(Cc2cccc(OC)c2OC)C3)cc1OC. The van der Waals surface area contributed by atoms with Crippen molar-refractivity contribution in [3.05, 3.63) is 53.7 Å². The van der Waals surface area contributed by atoms with E-state index in [4.69, 9.17) is 24.0 Å². The molecule has 0 atom stereocenters. The number of aromatic nitrogens is 2. The zero-order valence-electron chi connectivity index (χ0n) is 18.6. The number of methoxy groups -OCH3 is 4. The molecule has 7 heteroatoms. The van der Waals surface area contributed by atoms with Crippen molar-refractivity contribution in [1.29, 1.82) is 0 Å². The molecule has 0 bridgehead atoms. The first-order valence-corrected chi connectivity index (χ1v) is 10.4. The molecule has 0 saturated carbocycles. The van der Waals surface area contributed by atoms with Crippen LogP contribution >= 0.6 is 0 Å². The predicted octanol–water partition coefficient (Wildman–Crippen LogP) is 3.99. The minimum Gasteiger partial charge on any atom is -0.493 e. The average molecular weight is 424 g/mol. The third kappa shape index (κ3) is 4.32. The molecule has 3 aromatic rings. The van der Waals surface area contributed by atoms with Gasteiger partial charge in [0.05, 0.1) is 39.8 Å². The van der Waals surface area contributed by atoms with Gasteiger partial charge < -0.3 is 18.9 Å². The summed E-state index contributed by atoms with van der Waals surface area (Å²) in [5, 5.41) is 4.86. The van der Waals surface area contributed by atoms with E-state index >= 15 is 0 Å². The molecule has 1 aliphatic rings. The maximum Gasteiger partial charge on any atom is 0.165 e. The number of rotatable bonds is 7. The molecule has 1 aliphatic heterocycles. The van der Waals surface area contributed by atoms with Crippen LogP contribution in [-0.2, 0) is 19.6 Å². The van der Waals surface area contributed by atoms with Crippen LogP contribution in [0, 0.1) is 0 Å². The summed E-state index contributed by atoms with van der Waals surface area (Å²) in [7, 11) is 6.65. The molecule has 0 unspecified atom stereocenters. The summed E-state index contributed by atoms with van der Waals surface area (Å²) in [5.41, 5.74) is 4.27. The van der Waals surface area contributed by atoms with Crippen molar-refractivity contribution < 1.29 is 18.9 Å². The van der Waals surface area contributed by atoms with Crippen molar-refractivity contribution in [3.8, 4) is 34.3 Å². The smallest absolute Gasteiger partial charge is 0.165 e. The highest BCUT2D eigenvalue weighted by atomic mass is 16.5. The molecule has 31 heavy (non-hydrogen) atoms. The van der Waals surface area contributed by atoms with Gasteiger partial charge in [-0.3, -0.25) is 9.58 Å². The van der Waals surface area contributed by atoms with Crippen LogP contribution in [-0.4, -0.2) is 49.7 Å². The Morgan fingerprint density at radius 1 is 0.839 bits per heavy atom. The molecule has 0 fully saturated rings. The van der Waals surface area contributed by atoms with Gasteiger partial charge in [-0.15, -0.1) is 0 Å². The van der Waals surface area contributed by atoms with Crippen molar-refractivity contribution in [2.24, 2.45) is 0 Å². The molecule has 2 heterocycles. The van der Waals surface area contributed by atoms with E-state index in [-0.39, 0.29) is 0 Å². The van der Waals surface area contributed by atoms with Gasteiger partial charge in [-0.25, -0.2) is 0 Å². The molecular formula is C24H29N3O4. The highest BCUT2D eigenvalue weighted by molar-refractivity contribution is 5.64. The Hall–Kier alpha value is -3.19. The second kappa shape index (κ2) is 9.31. The molecule has 0 N–H and O–H groups in total. The fraction of sp³-hybridized carbons (Fsp3) is 0.375. The number of para-hydroxylation sites is 1. The van der Waals surface area contributed by atoms with Crippen molar-refractivity contribution in [2.45, 2.75) is 26.1 Å². The summed E-state index contributed by atoms with van der Waals surface area (Å²) in [6.07, 6.45) is 1.03. The van der Waals surface area contributed by atoms with Crippen molar-refractivity contribution in [2.75, 3.05) is 35.0 Å². The Bertz CT molecular complexity index is 1050. The number of hydrogen-bond donors (Lipinski definition) is 0. The predicted molar refractivity (Wildman–Crippen MR) is 119 cm³/mol. The van der Waals surface area contributed by atoms with Gasteiger partial charge >= 0.3 is 0 Å². The summed E-state index contributed by atoms with van der Waals surface area (Å²) >= 11 is 0. The Morgan fingerprint density at radius 3 is 2.39 bits per heavy atom. The fourth-order valence-electron chi connectivity index (χ4n) is 4.12. The van der Waals surface area contributed by atoms with E-state index in [1.807, 2.05) is 30.3 Å². The van der Waals surface area contributed by atoms with Gasteiger partial charge in [-0.1, -0.05) is 12.1 Å². The normalized spacial score (nSPS) is 13.9. The maximum atomic E-state index is 5.62. The fourth-order valence-corrected chi connectivity index (χ4v) is 4.12. The molecule has 0 spiro atoms. The summed E-state index contributed by atoms with van der Waals surface area (Å²) < 4.78 is 24.0. The minimum atomic E-state index is 0.704. The van der Waals surface area contributed by atoms with E-state index in [1.54, 1.807) is 28.4 Å². The Balaban J connectivity index is 1.57. The topological polar surface area (TPSA) is 58.0 Å². The lowest BCUT2D eigenvalue weighted by atomic mass is 10.1. The van der Waals surface area contributed by atoms with E-state index < -0.39 is 0 Å². The van der Waals surface area contributed by atoms with Crippen molar-refractivity contribution >= 4 is 0 Å². The molecular weight excluding hydrogens is 394 g/mol. The van der Waals surface area contributed by atoms with Crippen LogP contribution in [0.4, 0.5) is 0 Å². The molecule has 0 saturated heterocycles. The largest absolute Gasteiger partial charge is 0.493 e. The summed E-state index contributed by atoms with van der Waals surface area (Å²) in [4.78, 5) is 2.43. The van der Waals surface area contributed by atoms with Crippen molar-refractivity contribution in [1.82, 2.24) is 14.7 Å². The van der Waals surface area contributed by atoms with Gasteiger partial charge in [-0.2, -0.15) is 5.10 Å². The monoisotopic (exact) mass is 423 g/mol. The number of fused-ring (bicyclic) bond motifs is 1. The molecule has 2 aromatic carbocycles. The Morgan fingerprint density at radius 2 is 1.65 bits per heavy atom. The summed E-state index contributed by atoms with van der Waals surface area (Å²) in [5.74, 6) is 2.98. The first-order valence-electron chi connectivity index (χ1n) is 10.4. The molecule has 0 amide bonds. The van der Waals surface area contributed by atoms with Gasteiger partial charge in [0.1, 0.15) is 0 Å². The van der Waals surface area contributed by atoms with Crippen LogP contribution in [0.3, 0.4) is 0 Å². The molecule has 164 valence electrons. The Kier molecular flexibility index (Phi) is 6.32. The zero-order valence-corrected chi connectivity index (χ0v) is 18.6. The number of nitrogens with zero attached hydrogens (tertiary/aromatic N) is 3. The van der Waals surface area contributed by atoms with Crippen LogP contribution in [0.5, 0.6) is 23.0 Å². The van der Waals surface area contributed by atoms with Crippen LogP contribution in [0.1, 0.15) is 17.7 Å². The molecule has 4 rings (SSSR count). The second-order valence-corrected chi connectivity index (χ2v) is 7.53. The number of hydrogen-bond acceptors (Lipinski definition) is 6. The number of aryl methyl sites for hydroxylation is 1. The van der Waals surface area contributed by atoms with Gasteiger partial charge in [0.15, 0.2) is 23.0 Å². The zero-order chi connectivity index (χ0) is 21.8. The lowest BCUT2D eigenvalue weighted by molar-refractivity contribution is 0.254. The summed E-state index contributed by atoms with van der Waals surface area (Å²) in [6.45, 7) is 3.50. The third-order valence-electron chi connectivity index (χ3n) is 5.65. The van der Waals surface area contributed by atoms with Crippen LogP contribution < -0.4 is 18.9 Å². The van der Waals surface area contributed by atoms with Crippen LogP contribution in [0.2, 0.25) is 0 Å². The number of benzene rings is 2. The second-order valence-electron chi connectivity index (χ2n) is 7.53. The molecule has 0 aliphatic carbocycles. The Labute approximate surface area is 183 Å². The van der Waals surface area contributed by atoms with E-state index in [2.05, 4.69) is 21.7 Å². The van der Waals surface area contributed by atoms with E-state index in [0.29, 0.717) is 11.5 Å². The van der Waals surface area contributed by atoms with Crippen LogP contribution in [0.15, 0.2) is 42.5 Å². The first-order chi connectivity index (χ1) is 15.2. The summed E-state index contributed by atoms with van der Waals surface area (Å²) in [6, 6.07) is 14.1. The lowest BCUT2D eigenvalue weighted by Crippen LogP contribution is -2.23. The van der Waals surface area contributed by atoms with E-state index in [0.717, 1.165) is 60.9 Å². The molecule has 0 radical (unpaired) electrons. The van der Waals surface area contributed by atoms with E-state index in [9.17, 15) is 0 Å². The molecule has 7 nitrogen and oxygen atoms in total. The highest BCUT2D eigenvalue weighted by Gasteiger charge is 2.20. The first kappa shape index (κ1) is 21.1. The van der Waals surface area contributed by atoms with Gasteiger partial charge in [0, 0.05) is 37.3 Å². The highest BCUT2D eigenvalue weighted by Crippen LogP contribution is 2.34. The average Bonchev–Trinajstić information content (AvgIpc) is 3.11. The minimum absolute atomic E-state index is 0.704. The van der Waals surface area contributed by atoms with Gasteiger partial charge in [0.25, 0.3) is 0 Å². The standard InChI is InChI=1S/C24H29N3O4/c1-28-21-10-9-17(13-23(21)30-3)20-14-19-16-26(11-6-12-27(19)25-20)15-18-7-5-8-22(29-2)24(18)31-4/h5,7-10,13-14H,6,11-12,15-16H2,1-4H3. The quantitative estimate of drug-likeness (QED) is 0.573. The third-order valence-corrected chi connectivity index (χ3v) is 5.65. The molecule has 1 aromatic heterocycles. The number of ether oxygens (including phenoxy) is 4. The van der Waals surface area contributed by atoms with Crippen LogP contribution in [0.25, 0.3) is 11.3 Å². The van der Waals surface area contributed by atoms with E-state index in [1.165, 1.54) is 5.69 Å². The van der Waals surface area contributed by atoms with Gasteiger partial charge in [0.2, 0.25) is 0 Å². The maximum absolute atomic E-state index is 5.62. The van der Waals surface area contributed by atoms with Gasteiger partial charge in [-0.05, 0) is 36.8 Å². The lowest BCUT2D eigenvalue weighted by Gasteiger charge is -2.21. The van der Waals surface area contributed by atoms with Crippen molar-refractivity contribution in [3.63, 3.8) is 0 Å².